The molecule has 1 aliphatic rings. The number of hydrogen-bond acceptors (Lipinski definition) is 8. The molecule has 0 bridgehead atoms. The van der Waals surface area contributed by atoms with E-state index in [2.05, 4.69) is 25.5 Å². The van der Waals surface area contributed by atoms with Gasteiger partial charge in [0.1, 0.15) is 6.04 Å². The summed E-state index contributed by atoms with van der Waals surface area (Å²) < 4.78 is 0. The zero-order valence-electron chi connectivity index (χ0n) is 20.5. The lowest BCUT2D eigenvalue weighted by atomic mass is 10.1. The average molecular weight is 489 g/mol. The van der Waals surface area contributed by atoms with Crippen LogP contribution in [0.2, 0.25) is 0 Å². The van der Waals surface area contributed by atoms with Crippen molar-refractivity contribution in [1.29, 1.82) is 0 Å². The molecule has 10 heteroatoms. The summed E-state index contributed by atoms with van der Waals surface area (Å²) in [4.78, 5) is 36.4. The van der Waals surface area contributed by atoms with Crippen LogP contribution in [0, 0.1) is 0 Å². The van der Waals surface area contributed by atoms with Crippen molar-refractivity contribution in [3.8, 4) is 11.3 Å². The summed E-state index contributed by atoms with van der Waals surface area (Å²) in [5, 5.41) is 6.32. The molecule has 1 aliphatic heterocycles. The van der Waals surface area contributed by atoms with E-state index in [1.165, 1.54) is 0 Å². The molecule has 1 aromatic heterocycles. The van der Waals surface area contributed by atoms with Crippen molar-refractivity contribution < 1.29 is 9.59 Å². The molecule has 2 aromatic carbocycles. The molecule has 10 nitrogen and oxygen atoms in total. The Balaban J connectivity index is 1.36. The minimum atomic E-state index is -0.462. The molecule has 0 spiro atoms. The Bertz CT molecular complexity index is 1190. The van der Waals surface area contributed by atoms with E-state index in [0.717, 1.165) is 41.4 Å². The molecule has 4 rings (SSSR count). The van der Waals surface area contributed by atoms with Gasteiger partial charge in [-0.15, -0.1) is 0 Å². The summed E-state index contributed by atoms with van der Waals surface area (Å²) in [5.74, 6) is 0.0874. The average Bonchev–Trinajstić information content (AvgIpc) is 2.89. The van der Waals surface area contributed by atoms with Gasteiger partial charge in [0.2, 0.25) is 17.8 Å². The fourth-order valence-electron chi connectivity index (χ4n) is 4.00. The predicted molar refractivity (Wildman–Crippen MR) is 142 cm³/mol. The number of anilines is 4. The lowest BCUT2D eigenvalue weighted by Crippen LogP contribution is -2.52. The van der Waals surface area contributed by atoms with E-state index in [1.807, 2.05) is 59.5 Å². The van der Waals surface area contributed by atoms with Crippen LogP contribution in [0.3, 0.4) is 0 Å². The Hall–Kier alpha value is -4.18. The van der Waals surface area contributed by atoms with Crippen molar-refractivity contribution in [3.63, 3.8) is 0 Å². The molecule has 6 N–H and O–H groups in total. The number of carbonyl (C=O) groups is 2. The lowest BCUT2D eigenvalue weighted by Gasteiger charge is -2.36. The highest BCUT2D eigenvalue weighted by molar-refractivity contribution is 5.82. The van der Waals surface area contributed by atoms with Crippen molar-refractivity contribution in [2.45, 2.75) is 25.9 Å². The number of primary amides is 1. The number of aromatic nitrogens is 2. The van der Waals surface area contributed by atoms with Crippen LogP contribution >= 0.6 is 0 Å². The van der Waals surface area contributed by atoms with Gasteiger partial charge in [0.25, 0.3) is 0 Å². The van der Waals surface area contributed by atoms with Crippen molar-refractivity contribution in [2.75, 3.05) is 41.7 Å². The van der Waals surface area contributed by atoms with Crippen LogP contribution < -0.4 is 27.0 Å². The molecule has 0 aliphatic carbocycles. The van der Waals surface area contributed by atoms with E-state index in [9.17, 15) is 9.59 Å². The topological polar surface area (TPSA) is 142 Å². The van der Waals surface area contributed by atoms with Gasteiger partial charge in [0.15, 0.2) is 0 Å². The van der Waals surface area contributed by atoms with Gasteiger partial charge in [-0.1, -0.05) is 12.1 Å². The van der Waals surface area contributed by atoms with E-state index >= 15 is 0 Å². The van der Waals surface area contributed by atoms with Gasteiger partial charge in [0.05, 0.1) is 11.7 Å². The summed E-state index contributed by atoms with van der Waals surface area (Å²) in [6.07, 6.45) is 1.71. The first kappa shape index (κ1) is 24.9. The first-order valence-electron chi connectivity index (χ1n) is 12.0. The quantitative estimate of drug-likeness (QED) is 0.378. The van der Waals surface area contributed by atoms with Crippen molar-refractivity contribution in [2.24, 2.45) is 11.5 Å². The van der Waals surface area contributed by atoms with Crippen LogP contribution in [-0.2, 0) is 9.59 Å². The molecule has 0 saturated carbocycles. The van der Waals surface area contributed by atoms with E-state index in [-0.39, 0.29) is 5.91 Å². The molecule has 188 valence electrons. The van der Waals surface area contributed by atoms with Crippen LogP contribution in [0.5, 0.6) is 0 Å². The molecule has 3 aromatic rings. The van der Waals surface area contributed by atoms with Crippen LogP contribution in [0.1, 0.15) is 13.8 Å². The fraction of sp³-hybridized carbons (Fsp3) is 0.308. The second-order valence-corrected chi connectivity index (χ2v) is 8.88. The van der Waals surface area contributed by atoms with Crippen LogP contribution in [0.15, 0.2) is 60.8 Å². The third-order valence-electron chi connectivity index (χ3n) is 6.12. The van der Waals surface area contributed by atoms with Crippen molar-refractivity contribution in [1.82, 2.24) is 14.9 Å². The molecule has 2 amide bonds. The molecule has 1 saturated heterocycles. The fourth-order valence-corrected chi connectivity index (χ4v) is 4.00. The van der Waals surface area contributed by atoms with Crippen LogP contribution in [0.4, 0.5) is 23.0 Å². The minimum Gasteiger partial charge on any atom is -0.374 e. The zero-order valence-corrected chi connectivity index (χ0v) is 20.5. The highest BCUT2D eigenvalue weighted by Gasteiger charge is 2.23. The standard InChI is InChI=1S/C26H32N8O2/c1-17(27)25(36)34-15-13-33(14-16-34)22-9-7-21(8-10-22)31-26-29-12-11-23(32-26)19-3-5-20(6-4-19)30-18(2)24(28)35/h3-12,17-18,30H,13-16,27H2,1-2H3,(H2,28,35)(H,29,31,32)/t17-,18-/m1/s1. The SMILES string of the molecule is C[C@@H](N)C(=O)N1CCN(c2ccc(Nc3nccc(-c4ccc(N[C@H](C)C(N)=O)cc4)n3)cc2)CC1. The van der Waals surface area contributed by atoms with Crippen LogP contribution in [-0.4, -0.2) is 64.9 Å². The number of benzene rings is 2. The number of carbonyl (C=O) groups excluding carboxylic acids is 2. The summed E-state index contributed by atoms with van der Waals surface area (Å²) in [5.41, 5.74) is 15.5. The Kier molecular flexibility index (Phi) is 7.65. The van der Waals surface area contributed by atoms with Crippen LogP contribution in [0.25, 0.3) is 11.3 Å². The highest BCUT2D eigenvalue weighted by atomic mass is 16.2. The maximum Gasteiger partial charge on any atom is 0.239 e. The van der Waals surface area contributed by atoms with E-state index in [0.29, 0.717) is 19.0 Å². The van der Waals surface area contributed by atoms with E-state index in [1.54, 1.807) is 20.0 Å². The number of amides is 2. The Morgan fingerprint density at radius 2 is 1.56 bits per heavy atom. The smallest absolute Gasteiger partial charge is 0.239 e. The highest BCUT2D eigenvalue weighted by Crippen LogP contribution is 2.24. The van der Waals surface area contributed by atoms with Crippen molar-refractivity contribution in [3.05, 3.63) is 60.8 Å². The molecular weight excluding hydrogens is 456 g/mol. The summed E-state index contributed by atoms with van der Waals surface area (Å²) in [6, 6.07) is 16.6. The first-order valence-corrected chi connectivity index (χ1v) is 12.0. The molecule has 2 heterocycles. The third kappa shape index (κ3) is 6.08. The molecule has 2 atom stereocenters. The van der Waals surface area contributed by atoms with Gasteiger partial charge >= 0.3 is 0 Å². The third-order valence-corrected chi connectivity index (χ3v) is 6.12. The molecule has 1 fully saturated rings. The summed E-state index contributed by atoms with van der Waals surface area (Å²) in [7, 11) is 0. The van der Waals surface area contributed by atoms with E-state index in [4.69, 9.17) is 11.5 Å². The lowest BCUT2D eigenvalue weighted by molar-refractivity contribution is -0.132. The maximum absolute atomic E-state index is 12.1. The molecule has 36 heavy (non-hydrogen) atoms. The number of nitrogens with two attached hydrogens (primary N) is 2. The Labute approximate surface area is 210 Å². The second-order valence-electron chi connectivity index (χ2n) is 8.88. The zero-order chi connectivity index (χ0) is 25.7. The number of nitrogens with zero attached hydrogens (tertiary/aromatic N) is 4. The first-order chi connectivity index (χ1) is 17.3. The molecule has 0 unspecified atom stereocenters. The van der Waals surface area contributed by atoms with Gasteiger partial charge in [-0.05, 0) is 56.3 Å². The maximum atomic E-state index is 12.1. The number of rotatable bonds is 8. The number of hydrogen-bond donors (Lipinski definition) is 4. The summed E-state index contributed by atoms with van der Waals surface area (Å²) >= 11 is 0. The van der Waals surface area contributed by atoms with Gasteiger partial charge < -0.3 is 31.9 Å². The predicted octanol–water partition coefficient (Wildman–Crippen LogP) is 2.17. The Morgan fingerprint density at radius 1 is 0.917 bits per heavy atom. The Morgan fingerprint density at radius 3 is 2.17 bits per heavy atom. The largest absolute Gasteiger partial charge is 0.374 e. The second kappa shape index (κ2) is 11.0. The molecular formula is C26H32N8O2. The number of piperazine rings is 1. The minimum absolute atomic E-state index is 0.00159. The normalized spacial score (nSPS) is 15.2. The van der Waals surface area contributed by atoms with Gasteiger partial charge in [-0.2, -0.15) is 0 Å². The van der Waals surface area contributed by atoms with Crippen molar-refractivity contribution >= 4 is 34.8 Å². The van der Waals surface area contributed by atoms with Gasteiger partial charge in [0, 0.05) is 55.0 Å². The molecule has 0 radical (unpaired) electrons. The monoisotopic (exact) mass is 488 g/mol. The van der Waals surface area contributed by atoms with Gasteiger partial charge in [-0.25, -0.2) is 9.97 Å². The van der Waals surface area contributed by atoms with E-state index < -0.39 is 18.0 Å². The van der Waals surface area contributed by atoms with Gasteiger partial charge in [-0.3, -0.25) is 9.59 Å². The number of nitrogens with one attached hydrogen (secondary N) is 2. The summed E-state index contributed by atoms with van der Waals surface area (Å²) in [6.45, 7) is 6.32.